The minimum absolute atomic E-state index is 0.0550. The fraction of sp³-hybridized carbons (Fsp3) is 0.150. The third-order valence-electron chi connectivity index (χ3n) is 4.04. The number of nitrogen functional groups attached to an aromatic ring is 1. The van der Waals surface area contributed by atoms with Crippen molar-refractivity contribution in [3.63, 3.8) is 0 Å². The van der Waals surface area contributed by atoms with Gasteiger partial charge in [-0.2, -0.15) is 0 Å². The second-order valence-corrected chi connectivity index (χ2v) is 5.47. The van der Waals surface area contributed by atoms with E-state index >= 15 is 0 Å². The van der Waals surface area contributed by atoms with Crippen LogP contribution in [-0.2, 0) is 0 Å². The number of benzene rings is 2. The first kappa shape index (κ1) is 17.4. The van der Waals surface area contributed by atoms with Crippen molar-refractivity contribution in [1.29, 1.82) is 0 Å². The lowest BCUT2D eigenvalue weighted by Crippen LogP contribution is -2.09. The number of hydrogen-bond donors (Lipinski definition) is 1. The van der Waals surface area contributed by atoms with Crippen LogP contribution in [0.15, 0.2) is 57.7 Å². The van der Waals surface area contributed by atoms with E-state index in [0.29, 0.717) is 34.1 Å². The van der Waals surface area contributed by atoms with Crippen LogP contribution < -0.4 is 25.6 Å². The van der Waals surface area contributed by atoms with Gasteiger partial charge in [-0.1, -0.05) is 30.3 Å². The Bertz CT molecular complexity index is 979. The molecule has 0 radical (unpaired) electrons. The molecule has 3 aromatic rings. The van der Waals surface area contributed by atoms with Gasteiger partial charge in [0.15, 0.2) is 11.5 Å². The Morgan fingerprint density at radius 1 is 0.846 bits per heavy atom. The van der Waals surface area contributed by atoms with Crippen LogP contribution in [0.1, 0.15) is 0 Å². The lowest BCUT2D eigenvalue weighted by Gasteiger charge is -2.15. The van der Waals surface area contributed by atoms with E-state index < -0.39 is 5.63 Å². The van der Waals surface area contributed by atoms with Crippen LogP contribution in [-0.4, -0.2) is 21.3 Å². The van der Waals surface area contributed by atoms with Crippen LogP contribution in [0.4, 0.5) is 5.69 Å². The number of nitrogens with two attached hydrogens (primary N) is 1. The molecule has 2 N–H and O–H groups in total. The molecule has 0 atom stereocenters. The second kappa shape index (κ2) is 7.23. The normalized spacial score (nSPS) is 10.4. The lowest BCUT2D eigenvalue weighted by molar-refractivity contribution is 0.324. The molecule has 0 aliphatic carbocycles. The fourth-order valence-electron chi connectivity index (χ4n) is 2.79. The molecular weight excluding hydrogens is 334 g/mol. The topological polar surface area (TPSA) is 83.9 Å². The van der Waals surface area contributed by atoms with Crippen molar-refractivity contribution in [2.24, 2.45) is 0 Å². The Labute approximate surface area is 150 Å². The van der Waals surface area contributed by atoms with Crippen molar-refractivity contribution in [3.8, 4) is 39.7 Å². The first-order chi connectivity index (χ1) is 12.6. The maximum Gasteiger partial charge on any atom is 0.360 e. The summed E-state index contributed by atoms with van der Waals surface area (Å²) >= 11 is 0. The van der Waals surface area contributed by atoms with E-state index in [2.05, 4.69) is 0 Å². The van der Waals surface area contributed by atoms with Gasteiger partial charge in [0.2, 0.25) is 5.75 Å². The van der Waals surface area contributed by atoms with Gasteiger partial charge < -0.3 is 24.4 Å². The summed E-state index contributed by atoms with van der Waals surface area (Å²) in [5.41, 5.74) is 7.36. The molecule has 134 valence electrons. The molecule has 0 aliphatic heterocycles. The molecule has 0 saturated carbocycles. The van der Waals surface area contributed by atoms with Crippen molar-refractivity contribution < 1.29 is 18.6 Å². The van der Waals surface area contributed by atoms with Gasteiger partial charge in [0.05, 0.1) is 26.9 Å². The first-order valence-electron chi connectivity index (χ1n) is 7.89. The summed E-state index contributed by atoms with van der Waals surface area (Å²) in [5.74, 6) is 1.64. The van der Waals surface area contributed by atoms with E-state index in [-0.39, 0.29) is 5.69 Å². The number of hydrogen-bond acceptors (Lipinski definition) is 6. The zero-order valence-corrected chi connectivity index (χ0v) is 14.7. The van der Waals surface area contributed by atoms with Gasteiger partial charge in [0.1, 0.15) is 11.4 Å². The maximum atomic E-state index is 12.3. The van der Waals surface area contributed by atoms with Gasteiger partial charge >= 0.3 is 5.63 Å². The van der Waals surface area contributed by atoms with E-state index in [9.17, 15) is 4.79 Å². The molecule has 26 heavy (non-hydrogen) atoms. The van der Waals surface area contributed by atoms with Crippen LogP contribution in [0.5, 0.6) is 17.2 Å². The Morgan fingerprint density at radius 2 is 1.54 bits per heavy atom. The zero-order chi connectivity index (χ0) is 18.7. The van der Waals surface area contributed by atoms with Crippen LogP contribution in [0.25, 0.3) is 22.5 Å². The molecule has 0 unspecified atom stereocenters. The van der Waals surface area contributed by atoms with E-state index in [1.165, 1.54) is 21.3 Å². The van der Waals surface area contributed by atoms with Gasteiger partial charge in [-0.05, 0) is 23.8 Å². The molecule has 1 heterocycles. The predicted molar refractivity (Wildman–Crippen MR) is 99.9 cm³/mol. The minimum atomic E-state index is -0.613. The molecule has 2 aromatic carbocycles. The molecule has 0 saturated heterocycles. The summed E-state index contributed by atoms with van der Waals surface area (Å²) in [6.45, 7) is 0. The van der Waals surface area contributed by atoms with Gasteiger partial charge in [0, 0.05) is 5.56 Å². The third kappa shape index (κ3) is 2.97. The summed E-state index contributed by atoms with van der Waals surface area (Å²) in [4.78, 5) is 12.3. The van der Waals surface area contributed by atoms with Gasteiger partial charge in [-0.25, -0.2) is 4.79 Å². The molecule has 0 spiro atoms. The summed E-state index contributed by atoms with van der Waals surface area (Å²) in [6.07, 6.45) is 0. The largest absolute Gasteiger partial charge is 0.493 e. The predicted octanol–water partition coefficient (Wildman–Crippen LogP) is 3.58. The first-order valence-corrected chi connectivity index (χ1v) is 7.89. The Kier molecular flexibility index (Phi) is 4.84. The number of methoxy groups -OCH3 is 3. The van der Waals surface area contributed by atoms with E-state index in [1.54, 1.807) is 18.2 Å². The highest BCUT2D eigenvalue weighted by molar-refractivity contribution is 5.81. The molecule has 0 fully saturated rings. The van der Waals surface area contributed by atoms with Crippen LogP contribution in [0.2, 0.25) is 0 Å². The molecule has 3 rings (SSSR count). The van der Waals surface area contributed by atoms with E-state index in [1.807, 2.05) is 30.3 Å². The second-order valence-electron chi connectivity index (χ2n) is 5.47. The van der Waals surface area contributed by atoms with Crippen LogP contribution in [0, 0.1) is 0 Å². The summed E-state index contributed by atoms with van der Waals surface area (Å²) in [7, 11) is 4.56. The standard InChI is InChI=1S/C20H19NO5/c1-23-15-10-9-13(18(24-2)19(15)25-3)16-11-14(17(21)20(22)26-16)12-7-5-4-6-8-12/h4-11H,21H2,1-3H3. The molecule has 0 amide bonds. The quantitative estimate of drug-likeness (QED) is 0.755. The molecule has 0 aliphatic rings. The average Bonchev–Trinajstić information content (AvgIpc) is 2.69. The molecule has 6 nitrogen and oxygen atoms in total. The van der Waals surface area contributed by atoms with E-state index in [0.717, 1.165) is 5.56 Å². The lowest BCUT2D eigenvalue weighted by atomic mass is 10.0. The van der Waals surface area contributed by atoms with E-state index in [4.69, 9.17) is 24.4 Å². The highest BCUT2D eigenvalue weighted by Crippen LogP contribution is 2.44. The van der Waals surface area contributed by atoms with Gasteiger partial charge in [-0.3, -0.25) is 0 Å². The fourth-order valence-corrected chi connectivity index (χ4v) is 2.79. The highest BCUT2D eigenvalue weighted by atomic mass is 16.5. The van der Waals surface area contributed by atoms with Crippen molar-refractivity contribution >= 4 is 5.69 Å². The van der Waals surface area contributed by atoms with Gasteiger partial charge in [-0.15, -0.1) is 0 Å². The SMILES string of the molecule is COc1ccc(-c2cc(-c3ccccc3)c(N)c(=O)o2)c(OC)c1OC. The van der Waals surface area contributed by atoms with Crippen LogP contribution in [0.3, 0.4) is 0 Å². The van der Waals surface area contributed by atoms with Crippen molar-refractivity contribution in [3.05, 3.63) is 59.0 Å². The molecular formula is C20H19NO5. The van der Waals surface area contributed by atoms with Crippen molar-refractivity contribution in [2.45, 2.75) is 0 Å². The monoisotopic (exact) mass is 353 g/mol. The Balaban J connectivity index is 2.26. The van der Waals surface area contributed by atoms with Crippen molar-refractivity contribution in [1.82, 2.24) is 0 Å². The number of rotatable bonds is 5. The highest BCUT2D eigenvalue weighted by Gasteiger charge is 2.20. The van der Waals surface area contributed by atoms with Crippen LogP contribution >= 0.6 is 0 Å². The summed E-state index contributed by atoms with van der Waals surface area (Å²) in [6, 6.07) is 14.6. The average molecular weight is 353 g/mol. The zero-order valence-electron chi connectivity index (χ0n) is 14.7. The van der Waals surface area contributed by atoms with Gasteiger partial charge in [0.25, 0.3) is 0 Å². The smallest absolute Gasteiger partial charge is 0.360 e. The third-order valence-corrected chi connectivity index (χ3v) is 4.04. The molecule has 6 heteroatoms. The summed E-state index contributed by atoms with van der Waals surface area (Å²) in [5, 5.41) is 0. The van der Waals surface area contributed by atoms with Crippen molar-refractivity contribution in [2.75, 3.05) is 27.1 Å². The molecule has 0 bridgehead atoms. The minimum Gasteiger partial charge on any atom is -0.493 e. The number of ether oxygens (including phenoxy) is 3. The summed E-state index contributed by atoms with van der Waals surface area (Å²) < 4.78 is 21.6. The maximum absolute atomic E-state index is 12.3. The Hall–Kier alpha value is -3.41. The number of anilines is 1. The Morgan fingerprint density at radius 3 is 2.15 bits per heavy atom. The molecule has 1 aromatic heterocycles.